The summed E-state index contributed by atoms with van der Waals surface area (Å²) in [6, 6.07) is 11.5. The van der Waals surface area contributed by atoms with Crippen molar-refractivity contribution in [2.45, 2.75) is 26.7 Å². The van der Waals surface area contributed by atoms with E-state index in [9.17, 15) is 4.79 Å². The number of ketones is 1. The molecule has 0 aliphatic carbocycles. The number of methoxy groups -OCH3 is 1. The molecule has 0 saturated carbocycles. The van der Waals surface area contributed by atoms with Crippen LogP contribution in [0.2, 0.25) is 5.02 Å². The van der Waals surface area contributed by atoms with Gasteiger partial charge in [-0.15, -0.1) is 0 Å². The van der Waals surface area contributed by atoms with Gasteiger partial charge >= 0.3 is 0 Å². The predicted molar refractivity (Wildman–Crippen MR) is 86.3 cm³/mol. The molecule has 0 bridgehead atoms. The van der Waals surface area contributed by atoms with Crippen LogP contribution in [0.25, 0.3) is 0 Å². The van der Waals surface area contributed by atoms with Crippen LogP contribution in [0.1, 0.15) is 22.3 Å². The Morgan fingerprint density at radius 3 is 2.48 bits per heavy atom. The number of hydrogen-bond donors (Lipinski definition) is 0. The highest BCUT2D eigenvalue weighted by atomic mass is 35.5. The maximum absolute atomic E-state index is 12.3. The SMILES string of the molecule is COc1ccc(Cl)cc1CC(=O)Cc1ccc(C)c(C)c1. The van der Waals surface area contributed by atoms with Gasteiger partial charge in [0.25, 0.3) is 0 Å². The van der Waals surface area contributed by atoms with Gasteiger partial charge in [0.2, 0.25) is 0 Å². The van der Waals surface area contributed by atoms with Crippen molar-refractivity contribution in [3.05, 3.63) is 63.7 Å². The van der Waals surface area contributed by atoms with Crippen molar-refractivity contribution in [1.82, 2.24) is 0 Å². The van der Waals surface area contributed by atoms with E-state index in [-0.39, 0.29) is 5.78 Å². The molecule has 0 N–H and O–H groups in total. The minimum atomic E-state index is 0.152. The zero-order chi connectivity index (χ0) is 15.4. The van der Waals surface area contributed by atoms with Gasteiger partial charge in [0.15, 0.2) is 0 Å². The summed E-state index contributed by atoms with van der Waals surface area (Å²) in [4.78, 5) is 12.3. The molecule has 3 heteroatoms. The number of carbonyl (C=O) groups is 1. The van der Waals surface area contributed by atoms with E-state index in [2.05, 4.69) is 26.0 Å². The summed E-state index contributed by atoms with van der Waals surface area (Å²) in [5.41, 5.74) is 4.33. The van der Waals surface area contributed by atoms with Gasteiger partial charge in [-0.25, -0.2) is 0 Å². The molecule has 0 aromatic heterocycles. The van der Waals surface area contributed by atoms with Crippen LogP contribution in [0, 0.1) is 13.8 Å². The average molecular weight is 303 g/mol. The van der Waals surface area contributed by atoms with Crippen LogP contribution in [0.4, 0.5) is 0 Å². The minimum Gasteiger partial charge on any atom is -0.496 e. The quantitative estimate of drug-likeness (QED) is 0.822. The van der Waals surface area contributed by atoms with Crippen molar-refractivity contribution in [1.29, 1.82) is 0 Å². The van der Waals surface area contributed by atoms with Crippen molar-refractivity contribution >= 4 is 17.4 Å². The molecule has 0 fully saturated rings. The van der Waals surface area contributed by atoms with E-state index in [0.29, 0.717) is 23.6 Å². The van der Waals surface area contributed by atoms with Gasteiger partial charge in [0.05, 0.1) is 7.11 Å². The molecule has 0 radical (unpaired) electrons. The number of rotatable bonds is 5. The van der Waals surface area contributed by atoms with Gasteiger partial charge in [0.1, 0.15) is 11.5 Å². The lowest BCUT2D eigenvalue weighted by Crippen LogP contribution is -2.08. The molecule has 0 aliphatic rings. The molecule has 0 atom stereocenters. The highest BCUT2D eigenvalue weighted by Gasteiger charge is 2.11. The first-order valence-corrected chi connectivity index (χ1v) is 7.27. The fourth-order valence-corrected chi connectivity index (χ4v) is 2.50. The fraction of sp³-hybridized carbons (Fsp3) is 0.278. The monoisotopic (exact) mass is 302 g/mol. The van der Waals surface area contributed by atoms with E-state index in [1.165, 1.54) is 11.1 Å². The van der Waals surface area contributed by atoms with Crippen LogP contribution in [0.5, 0.6) is 5.75 Å². The molecule has 110 valence electrons. The van der Waals surface area contributed by atoms with Crippen molar-refractivity contribution in [3.8, 4) is 5.75 Å². The molecule has 0 spiro atoms. The highest BCUT2D eigenvalue weighted by molar-refractivity contribution is 6.30. The Labute approximate surface area is 130 Å². The molecule has 21 heavy (non-hydrogen) atoms. The Balaban J connectivity index is 2.11. The van der Waals surface area contributed by atoms with Crippen LogP contribution in [0.15, 0.2) is 36.4 Å². The van der Waals surface area contributed by atoms with Crippen LogP contribution in [0.3, 0.4) is 0 Å². The summed E-state index contributed by atoms with van der Waals surface area (Å²) in [5.74, 6) is 0.853. The molecule has 2 rings (SSSR count). The Bertz CT molecular complexity index is 662. The van der Waals surface area contributed by atoms with Crippen LogP contribution < -0.4 is 4.74 Å². The number of ether oxygens (including phenoxy) is 1. The average Bonchev–Trinajstić information content (AvgIpc) is 2.43. The van der Waals surface area contributed by atoms with Crippen molar-refractivity contribution in [3.63, 3.8) is 0 Å². The molecule has 0 saturated heterocycles. The first-order chi connectivity index (χ1) is 9.99. The number of benzene rings is 2. The summed E-state index contributed by atoms with van der Waals surface area (Å²) in [6.45, 7) is 4.13. The number of Topliss-reactive ketones (excluding diaryl/α,β-unsaturated/α-hetero) is 1. The van der Waals surface area contributed by atoms with E-state index in [0.717, 1.165) is 11.1 Å². The van der Waals surface area contributed by atoms with Crippen molar-refractivity contribution < 1.29 is 9.53 Å². The van der Waals surface area contributed by atoms with E-state index in [4.69, 9.17) is 16.3 Å². The van der Waals surface area contributed by atoms with Crippen LogP contribution in [-0.4, -0.2) is 12.9 Å². The molecule has 0 unspecified atom stereocenters. The first-order valence-electron chi connectivity index (χ1n) is 6.90. The van der Waals surface area contributed by atoms with E-state index in [1.807, 2.05) is 6.07 Å². The lowest BCUT2D eigenvalue weighted by Gasteiger charge is -2.09. The molecular formula is C18H19ClO2. The van der Waals surface area contributed by atoms with E-state index >= 15 is 0 Å². The van der Waals surface area contributed by atoms with E-state index in [1.54, 1.807) is 25.3 Å². The molecule has 0 heterocycles. The van der Waals surface area contributed by atoms with E-state index < -0.39 is 0 Å². The smallest absolute Gasteiger partial charge is 0.141 e. The third-order valence-electron chi connectivity index (χ3n) is 3.60. The van der Waals surface area contributed by atoms with Gasteiger partial charge in [-0.1, -0.05) is 29.8 Å². The molecule has 2 aromatic carbocycles. The second-order valence-corrected chi connectivity index (χ2v) is 5.70. The topological polar surface area (TPSA) is 26.3 Å². The Hall–Kier alpha value is -1.80. The van der Waals surface area contributed by atoms with Gasteiger partial charge in [-0.2, -0.15) is 0 Å². The largest absolute Gasteiger partial charge is 0.496 e. The molecule has 2 aromatic rings. The highest BCUT2D eigenvalue weighted by Crippen LogP contribution is 2.23. The predicted octanol–water partition coefficient (Wildman–Crippen LogP) is 4.32. The molecule has 0 amide bonds. The number of aryl methyl sites for hydroxylation is 2. The fourth-order valence-electron chi connectivity index (χ4n) is 2.30. The summed E-state index contributed by atoms with van der Waals surface area (Å²) in [6.07, 6.45) is 0.757. The minimum absolute atomic E-state index is 0.152. The van der Waals surface area contributed by atoms with Gasteiger partial charge in [-0.3, -0.25) is 4.79 Å². The maximum atomic E-state index is 12.3. The Morgan fingerprint density at radius 1 is 1.05 bits per heavy atom. The molecule has 0 aliphatic heterocycles. The lowest BCUT2D eigenvalue weighted by molar-refractivity contribution is -0.117. The third-order valence-corrected chi connectivity index (χ3v) is 3.84. The Morgan fingerprint density at radius 2 is 1.81 bits per heavy atom. The third kappa shape index (κ3) is 4.08. The molecular weight excluding hydrogens is 284 g/mol. The van der Waals surface area contributed by atoms with Crippen LogP contribution in [-0.2, 0) is 17.6 Å². The second kappa shape index (κ2) is 6.77. The van der Waals surface area contributed by atoms with Gasteiger partial charge in [-0.05, 0) is 48.7 Å². The number of hydrogen-bond acceptors (Lipinski definition) is 2. The Kier molecular flexibility index (Phi) is 5.03. The number of halogens is 1. The van der Waals surface area contributed by atoms with Crippen LogP contribution >= 0.6 is 11.6 Å². The zero-order valence-corrected chi connectivity index (χ0v) is 13.3. The normalized spacial score (nSPS) is 10.5. The summed E-state index contributed by atoms with van der Waals surface area (Å²) in [7, 11) is 1.60. The zero-order valence-electron chi connectivity index (χ0n) is 12.6. The maximum Gasteiger partial charge on any atom is 0.141 e. The second-order valence-electron chi connectivity index (χ2n) is 5.27. The standard InChI is InChI=1S/C18H19ClO2/c1-12-4-5-14(8-13(12)2)9-17(20)11-15-10-16(19)6-7-18(15)21-3/h4-8,10H,9,11H2,1-3H3. The van der Waals surface area contributed by atoms with Crippen molar-refractivity contribution in [2.75, 3.05) is 7.11 Å². The lowest BCUT2D eigenvalue weighted by atomic mass is 9.99. The molecule has 2 nitrogen and oxygen atoms in total. The van der Waals surface area contributed by atoms with Crippen molar-refractivity contribution in [2.24, 2.45) is 0 Å². The van der Waals surface area contributed by atoms with Gasteiger partial charge < -0.3 is 4.74 Å². The summed E-state index contributed by atoms with van der Waals surface area (Å²) >= 11 is 5.99. The first kappa shape index (κ1) is 15.6. The number of carbonyl (C=O) groups excluding carboxylic acids is 1. The summed E-state index contributed by atoms with van der Waals surface area (Å²) in [5, 5.41) is 0.616. The van der Waals surface area contributed by atoms with Gasteiger partial charge in [0, 0.05) is 23.4 Å². The summed E-state index contributed by atoms with van der Waals surface area (Å²) < 4.78 is 5.28.